The van der Waals surface area contributed by atoms with Gasteiger partial charge in [0.1, 0.15) is 5.82 Å². The lowest BCUT2D eigenvalue weighted by Crippen LogP contribution is -2.41. The van der Waals surface area contributed by atoms with Gasteiger partial charge in [-0.05, 0) is 50.1 Å². The summed E-state index contributed by atoms with van der Waals surface area (Å²) in [6.07, 6.45) is 1.22. The van der Waals surface area contributed by atoms with Gasteiger partial charge in [-0.3, -0.25) is 14.6 Å². The van der Waals surface area contributed by atoms with Gasteiger partial charge < -0.3 is 10.2 Å². The number of hydrogen-bond acceptors (Lipinski definition) is 3. The molecular formula is C23H22FN3O2. The molecule has 0 saturated carbocycles. The van der Waals surface area contributed by atoms with E-state index in [1.807, 2.05) is 30.3 Å². The fraction of sp³-hybridized carbons (Fsp3) is 0.261. The van der Waals surface area contributed by atoms with Crippen LogP contribution in [0.3, 0.4) is 0 Å². The van der Waals surface area contributed by atoms with E-state index in [9.17, 15) is 14.0 Å². The second-order valence-electron chi connectivity index (χ2n) is 7.39. The third-order valence-electron chi connectivity index (χ3n) is 5.32. The summed E-state index contributed by atoms with van der Waals surface area (Å²) in [6.45, 7) is 2.81. The lowest BCUT2D eigenvalue weighted by Gasteiger charge is -2.31. The van der Waals surface area contributed by atoms with Crippen molar-refractivity contribution in [2.24, 2.45) is 5.92 Å². The molecule has 3 aromatic rings. The molecule has 5 nitrogen and oxygen atoms in total. The number of para-hydroxylation sites is 1. The molecule has 0 unspecified atom stereocenters. The van der Waals surface area contributed by atoms with Gasteiger partial charge in [0.05, 0.1) is 11.1 Å². The van der Waals surface area contributed by atoms with Crippen molar-refractivity contribution in [1.82, 2.24) is 9.88 Å². The van der Waals surface area contributed by atoms with Crippen LogP contribution in [0.5, 0.6) is 0 Å². The van der Waals surface area contributed by atoms with E-state index in [0.29, 0.717) is 48.1 Å². The van der Waals surface area contributed by atoms with Gasteiger partial charge in [-0.1, -0.05) is 18.2 Å². The Hall–Kier alpha value is -3.28. The molecule has 2 aromatic carbocycles. The number of piperidine rings is 1. The van der Waals surface area contributed by atoms with E-state index in [1.165, 1.54) is 12.1 Å². The third kappa shape index (κ3) is 4.11. The summed E-state index contributed by atoms with van der Waals surface area (Å²) < 4.78 is 13.6. The fourth-order valence-corrected chi connectivity index (χ4v) is 3.79. The summed E-state index contributed by atoms with van der Waals surface area (Å²) in [5, 5.41) is 3.58. The minimum absolute atomic E-state index is 0.0102. The van der Waals surface area contributed by atoms with E-state index < -0.39 is 0 Å². The minimum Gasteiger partial charge on any atom is -0.339 e. The zero-order chi connectivity index (χ0) is 20.4. The highest BCUT2D eigenvalue weighted by Gasteiger charge is 2.28. The predicted octanol–water partition coefficient (Wildman–Crippen LogP) is 4.17. The van der Waals surface area contributed by atoms with Crippen molar-refractivity contribution in [2.75, 3.05) is 18.4 Å². The number of aryl methyl sites for hydroxylation is 1. The van der Waals surface area contributed by atoms with Gasteiger partial charge in [-0.2, -0.15) is 0 Å². The Morgan fingerprint density at radius 3 is 2.52 bits per heavy atom. The van der Waals surface area contributed by atoms with Crippen molar-refractivity contribution in [3.63, 3.8) is 0 Å². The molecule has 2 heterocycles. The van der Waals surface area contributed by atoms with Crippen LogP contribution in [0.25, 0.3) is 10.9 Å². The second-order valence-corrected chi connectivity index (χ2v) is 7.39. The molecule has 4 rings (SSSR count). The molecule has 0 radical (unpaired) electrons. The first kappa shape index (κ1) is 19.1. The van der Waals surface area contributed by atoms with Crippen molar-refractivity contribution in [2.45, 2.75) is 19.8 Å². The largest absolute Gasteiger partial charge is 0.339 e. The number of anilines is 1. The van der Waals surface area contributed by atoms with Gasteiger partial charge in [0.2, 0.25) is 5.91 Å². The standard InChI is InChI=1S/C23H22FN3O2/c1-15-13-20(19-8-7-17(24)14-21(19)25-15)23(29)27-11-9-16(10-12-27)22(28)26-18-5-3-2-4-6-18/h2-8,13-14,16H,9-12H2,1H3,(H,26,28). The summed E-state index contributed by atoms with van der Waals surface area (Å²) in [4.78, 5) is 31.7. The smallest absolute Gasteiger partial charge is 0.254 e. The first-order chi connectivity index (χ1) is 14.0. The van der Waals surface area contributed by atoms with E-state index in [4.69, 9.17) is 0 Å². The number of hydrogen-bond donors (Lipinski definition) is 1. The van der Waals surface area contributed by atoms with Crippen LogP contribution in [-0.2, 0) is 4.79 Å². The van der Waals surface area contributed by atoms with Crippen molar-refractivity contribution in [1.29, 1.82) is 0 Å². The van der Waals surface area contributed by atoms with E-state index in [-0.39, 0.29) is 23.5 Å². The third-order valence-corrected chi connectivity index (χ3v) is 5.32. The van der Waals surface area contributed by atoms with Gasteiger partial charge in [0.15, 0.2) is 0 Å². The molecule has 6 heteroatoms. The zero-order valence-electron chi connectivity index (χ0n) is 16.2. The predicted molar refractivity (Wildman–Crippen MR) is 110 cm³/mol. The molecule has 2 amide bonds. The maximum atomic E-state index is 13.6. The molecule has 1 N–H and O–H groups in total. The molecular weight excluding hydrogens is 369 g/mol. The Balaban J connectivity index is 1.46. The first-order valence-corrected chi connectivity index (χ1v) is 9.73. The number of aromatic nitrogens is 1. The highest BCUT2D eigenvalue weighted by Crippen LogP contribution is 2.25. The fourth-order valence-electron chi connectivity index (χ4n) is 3.79. The van der Waals surface area contributed by atoms with E-state index in [0.717, 1.165) is 5.69 Å². The van der Waals surface area contributed by atoms with Gasteiger partial charge in [-0.25, -0.2) is 4.39 Å². The molecule has 29 heavy (non-hydrogen) atoms. The Morgan fingerprint density at radius 1 is 1.07 bits per heavy atom. The maximum absolute atomic E-state index is 13.6. The average Bonchev–Trinajstić information content (AvgIpc) is 2.73. The van der Waals surface area contributed by atoms with Crippen molar-refractivity contribution in [3.05, 3.63) is 71.7 Å². The number of halogens is 1. The lowest BCUT2D eigenvalue weighted by molar-refractivity contribution is -0.121. The number of pyridine rings is 1. The topological polar surface area (TPSA) is 62.3 Å². The number of likely N-dealkylation sites (tertiary alicyclic amines) is 1. The van der Waals surface area contributed by atoms with Crippen LogP contribution in [-0.4, -0.2) is 34.8 Å². The first-order valence-electron chi connectivity index (χ1n) is 9.73. The molecule has 0 spiro atoms. The van der Waals surface area contributed by atoms with Crippen molar-refractivity contribution < 1.29 is 14.0 Å². The Kier molecular flexibility index (Phi) is 5.25. The Morgan fingerprint density at radius 2 is 1.79 bits per heavy atom. The highest BCUT2D eigenvalue weighted by atomic mass is 19.1. The van der Waals surface area contributed by atoms with Crippen molar-refractivity contribution in [3.8, 4) is 0 Å². The molecule has 0 atom stereocenters. The molecule has 0 bridgehead atoms. The minimum atomic E-state index is -0.376. The molecule has 0 aliphatic carbocycles. The van der Waals surface area contributed by atoms with Crippen LogP contribution in [0.15, 0.2) is 54.6 Å². The Labute approximate surface area is 168 Å². The van der Waals surface area contributed by atoms with E-state index in [1.54, 1.807) is 24.0 Å². The normalized spacial score (nSPS) is 14.8. The lowest BCUT2D eigenvalue weighted by atomic mass is 9.95. The molecule has 1 aliphatic heterocycles. The monoisotopic (exact) mass is 391 g/mol. The van der Waals surface area contributed by atoms with Crippen molar-refractivity contribution >= 4 is 28.4 Å². The number of rotatable bonds is 3. The number of carbonyl (C=O) groups is 2. The van der Waals surface area contributed by atoms with Gasteiger partial charge in [-0.15, -0.1) is 0 Å². The number of nitrogens with one attached hydrogen (secondary N) is 1. The number of carbonyl (C=O) groups excluding carboxylic acids is 2. The second kappa shape index (κ2) is 7.99. The molecule has 1 aromatic heterocycles. The molecule has 1 saturated heterocycles. The number of fused-ring (bicyclic) bond motifs is 1. The molecule has 1 aliphatic rings. The molecule has 1 fully saturated rings. The quantitative estimate of drug-likeness (QED) is 0.729. The summed E-state index contributed by atoms with van der Waals surface area (Å²) >= 11 is 0. The van der Waals surface area contributed by atoms with Crippen LogP contribution in [0.4, 0.5) is 10.1 Å². The summed E-state index contributed by atoms with van der Waals surface area (Å²) in [5.74, 6) is -0.610. The van der Waals surface area contributed by atoms with Crippen LogP contribution in [0.2, 0.25) is 0 Å². The summed E-state index contributed by atoms with van der Waals surface area (Å²) in [6, 6.07) is 15.4. The summed E-state index contributed by atoms with van der Waals surface area (Å²) in [5.41, 5.74) is 2.45. The molecule has 148 valence electrons. The summed E-state index contributed by atoms with van der Waals surface area (Å²) in [7, 11) is 0. The van der Waals surface area contributed by atoms with Crippen LogP contribution in [0.1, 0.15) is 28.9 Å². The van der Waals surface area contributed by atoms with Gasteiger partial charge >= 0.3 is 0 Å². The van der Waals surface area contributed by atoms with Crippen LogP contribution in [0, 0.1) is 18.7 Å². The zero-order valence-corrected chi connectivity index (χ0v) is 16.2. The number of amides is 2. The highest BCUT2D eigenvalue weighted by molar-refractivity contribution is 6.06. The Bertz CT molecular complexity index is 1060. The number of nitrogens with zero attached hydrogens (tertiary/aromatic N) is 2. The van der Waals surface area contributed by atoms with Gasteiger partial charge in [0.25, 0.3) is 5.91 Å². The van der Waals surface area contributed by atoms with Gasteiger partial charge in [0, 0.05) is 41.8 Å². The average molecular weight is 391 g/mol. The number of benzene rings is 2. The van der Waals surface area contributed by atoms with E-state index in [2.05, 4.69) is 10.3 Å². The van der Waals surface area contributed by atoms with Crippen LogP contribution >= 0.6 is 0 Å². The SMILES string of the molecule is Cc1cc(C(=O)N2CCC(C(=O)Nc3ccccc3)CC2)c2ccc(F)cc2n1. The maximum Gasteiger partial charge on any atom is 0.254 e. The van der Waals surface area contributed by atoms with E-state index >= 15 is 0 Å². The van der Waals surface area contributed by atoms with Crippen LogP contribution < -0.4 is 5.32 Å².